The van der Waals surface area contributed by atoms with E-state index in [9.17, 15) is 0 Å². The fourth-order valence-electron chi connectivity index (χ4n) is 3.55. The van der Waals surface area contributed by atoms with Gasteiger partial charge in [0.15, 0.2) is 0 Å². The van der Waals surface area contributed by atoms with Crippen LogP contribution in [0.15, 0.2) is 35.8 Å². The number of thiophene rings is 1. The highest BCUT2D eigenvalue weighted by Gasteiger charge is 2.22. The second-order valence-electron chi connectivity index (χ2n) is 6.74. The van der Waals surface area contributed by atoms with Crippen molar-refractivity contribution in [1.82, 2.24) is 9.88 Å². The zero-order chi connectivity index (χ0) is 17.4. The third-order valence-electron chi connectivity index (χ3n) is 4.74. The number of piperidine rings is 1. The number of halogens is 1. The largest absolute Gasteiger partial charge is 0.488 e. The number of aryl methyl sites for hydroxylation is 1. The van der Waals surface area contributed by atoms with Crippen molar-refractivity contribution in [3.63, 3.8) is 0 Å². The molecule has 0 radical (unpaired) electrons. The van der Waals surface area contributed by atoms with Crippen LogP contribution in [0.1, 0.15) is 18.4 Å². The molecule has 0 saturated carbocycles. The smallest absolute Gasteiger partial charge is 0.130 e. The lowest BCUT2D eigenvalue weighted by Gasteiger charge is -2.31. The second kappa shape index (κ2) is 6.94. The summed E-state index contributed by atoms with van der Waals surface area (Å²) in [5, 5.41) is 2.82. The minimum absolute atomic E-state index is 0.220. The van der Waals surface area contributed by atoms with Gasteiger partial charge in [0.1, 0.15) is 11.9 Å². The normalized spacial score (nSPS) is 18.6. The van der Waals surface area contributed by atoms with Crippen LogP contribution in [0.4, 0.5) is 0 Å². The number of hydrogen-bond donors (Lipinski definition) is 0. The molecule has 1 fully saturated rings. The van der Waals surface area contributed by atoms with Gasteiger partial charge in [-0.25, -0.2) is 0 Å². The standard InChI is InChI=1S/C20H21ClN2OS/c1-13-10-14(21)11-17(16-5-7-22-18-6-9-25-20(16)18)19(13)24-15-4-3-8-23(2)12-15/h5-7,9-11,15H,3-4,8,12H2,1-2H3. The van der Waals surface area contributed by atoms with E-state index in [2.05, 4.69) is 41.4 Å². The van der Waals surface area contributed by atoms with Crippen LogP contribution in [0.2, 0.25) is 5.02 Å². The van der Waals surface area contributed by atoms with E-state index in [1.54, 1.807) is 11.3 Å². The van der Waals surface area contributed by atoms with Crippen molar-refractivity contribution >= 4 is 33.2 Å². The van der Waals surface area contributed by atoms with Gasteiger partial charge < -0.3 is 9.64 Å². The molecule has 25 heavy (non-hydrogen) atoms. The first kappa shape index (κ1) is 16.8. The van der Waals surface area contributed by atoms with Gasteiger partial charge in [-0.05, 0) is 68.6 Å². The number of aromatic nitrogens is 1. The molecule has 1 aromatic carbocycles. The number of ether oxygens (including phenoxy) is 1. The van der Waals surface area contributed by atoms with E-state index in [0.717, 1.165) is 52.5 Å². The zero-order valence-electron chi connectivity index (χ0n) is 14.5. The molecule has 2 aromatic heterocycles. The number of pyridine rings is 1. The molecule has 0 aliphatic carbocycles. The number of nitrogens with zero attached hydrogens (tertiary/aromatic N) is 2. The van der Waals surface area contributed by atoms with Gasteiger partial charge in [-0.1, -0.05) is 11.6 Å². The lowest BCUT2D eigenvalue weighted by molar-refractivity contribution is 0.104. The first-order valence-electron chi connectivity index (χ1n) is 8.60. The first-order chi connectivity index (χ1) is 12.1. The Kier molecular flexibility index (Phi) is 4.67. The number of likely N-dealkylation sites (N-methyl/N-ethyl adjacent to an activating group) is 1. The van der Waals surface area contributed by atoms with Crippen LogP contribution in [-0.2, 0) is 0 Å². The summed E-state index contributed by atoms with van der Waals surface area (Å²) in [6, 6.07) is 8.12. The molecule has 3 heterocycles. The topological polar surface area (TPSA) is 25.4 Å². The third kappa shape index (κ3) is 3.39. The van der Waals surface area contributed by atoms with Crippen LogP contribution in [-0.4, -0.2) is 36.1 Å². The van der Waals surface area contributed by atoms with Crippen molar-refractivity contribution in [3.8, 4) is 16.9 Å². The first-order valence-corrected chi connectivity index (χ1v) is 9.85. The number of fused-ring (bicyclic) bond motifs is 1. The average Bonchev–Trinajstić information content (AvgIpc) is 3.06. The maximum atomic E-state index is 6.51. The van der Waals surface area contributed by atoms with Crippen LogP contribution in [0.3, 0.4) is 0 Å². The maximum Gasteiger partial charge on any atom is 0.130 e. The molecule has 1 aliphatic heterocycles. The predicted molar refractivity (Wildman–Crippen MR) is 106 cm³/mol. The molecule has 4 rings (SSSR count). The molecular weight excluding hydrogens is 352 g/mol. The highest BCUT2D eigenvalue weighted by atomic mass is 35.5. The van der Waals surface area contributed by atoms with Gasteiger partial charge in [-0.2, -0.15) is 0 Å². The molecule has 5 heteroatoms. The molecule has 1 unspecified atom stereocenters. The van der Waals surface area contributed by atoms with Crippen molar-refractivity contribution < 1.29 is 4.74 Å². The molecule has 1 atom stereocenters. The van der Waals surface area contributed by atoms with Gasteiger partial charge in [0, 0.05) is 28.9 Å². The summed E-state index contributed by atoms with van der Waals surface area (Å²) in [5.74, 6) is 0.950. The van der Waals surface area contributed by atoms with E-state index in [-0.39, 0.29) is 6.10 Å². The quantitative estimate of drug-likeness (QED) is 0.615. The highest BCUT2D eigenvalue weighted by Crippen LogP contribution is 2.41. The highest BCUT2D eigenvalue weighted by molar-refractivity contribution is 7.17. The van der Waals surface area contributed by atoms with Gasteiger partial charge in [0.2, 0.25) is 0 Å². The molecule has 130 valence electrons. The van der Waals surface area contributed by atoms with Crippen LogP contribution in [0, 0.1) is 6.92 Å². The number of rotatable bonds is 3. The van der Waals surface area contributed by atoms with E-state index < -0.39 is 0 Å². The molecular formula is C20H21ClN2OS. The SMILES string of the molecule is Cc1cc(Cl)cc(-c2ccnc3ccsc23)c1OC1CCCN(C)C1. The van der Waals surface area contributed by atoms with Crippen LogP contribution >= 0.6 is 22.9 Å². The van der Waals surface area contributed by atoms with Gasteiger partial charge in [0.05, 0.1) is 10.2 Å². The van der Waals surface area contributed by atoms with Gasteiger partial charge in [0.25, 0.3) is 0 Å². The van der Waals surface area contributed by atoms with Crippen LogP contribution < -0.4 is 4.74 Å². The minimum atomic E-state index is 0.220. The van der Waals surface area contributed by atoms with E-state index in [4.69, 9.17) is 16.3 Å². The van der Waals surface area contributed by atoms with E-state index in [0.29, 0.717) is 0 Å². The Bertz CT molecular complexity index is 908. The van der Waals surface area contributed by atoms with Crippen molar-refractivity contribution in [2.75, 3.05) is 20.1 Å². The van der Waals surface area contributed by atoms with Crippen LogP contribution in [0.25, 0.3) is 21.3 Å². The predicted octanol–water partition coefficient (Wildman–Crippen LogP) is 5.40. The van der Waals surface area contributed by atoms with Gasteiger partial charge >= 0.3 is 0 Å². The Morgan fingerprint density at radius 2 is 2.16 bits per heavy atom. The third-order valence-corrected chi connectivity index (χ3v) is 5.89. The van der Waals surface area contributed by atoms with Crippen molar-refractivity contribution in [2.24, 2.45) is 0 Å². The van der Waals surface area contributed by atoms with Crippen molar-refractivity contribution in [1.29, 1.82) is 0 Å². The molecule has 0 spiro atoms. The Hall–Kier alpha value is -1.62. The molecule has 0 amide bonds. The summed E-state index contributed by atoms with van der Waals surface area (Å²) < 4.78 is 7.68. The Morgan fingerprint density at radius 3 is 3.00 bits per heavy atom. The Labute approximate surface area is 157 Å². The van der Waals surface area contributed by atoms with Crippen LogP contribution in [0.5, 0.6) is 5.75 Å². The average molecular weight is 373 g/mol. The second-order valence-corrected chi connectivity index (χ2v) is 8.09. The summed E-state index contributed by atoms with van der Waals surface area (Å²) in [5.41, 5.74) is 4.30. The maximum absolute atomic E-state index is 6.51. The fourth-order valence-corrected chi connectivity index (χ4v) is 4.71. The summed E-state index contributed by atoms with van der Waals surface area (Å²) in [6.45, 7) is 4.18. The molecule has 3 aromatic rings. The lowest BCUT2D eigenvalue weighted by atomic mass is 10.0. The Morgan fingerprint density at radius 1 is 1.28 bits per heavy atom. The van der Waals surface area contributed by atoms with Gasteiger partial charge in [-0.15, -0.1) is 11.3 Å². The molecule has 1 aliphatic rings. The van der Waals surface area contributed by atoms with E-state index >= 15 is 0 Å². The van der Waals surface area contributed by atoms with Crippen molar-refractivity contribution in [2.45, 2.75) is 25.9 Å². The van der Waals surface area contributed by atoms with E-state index in [1.807, 2.05) is 18.3 Å². The Balaban J connectivity index is 1.80. The lowest BCUT2D eigenvalue weighted by Crippen LogP contribution is -2.38. The summed E-state index contributed by atoms with van der Waals surface area (Å²) in [6.07, 6.45) is 4.35. The number of likely N-dealkylation sites (tertiary alicyclic amines) is 1. The van der Waals surface area contributed by atoms with E-state index in [1.165, 1.54) is 11.1 Å². The molecule has 3 nitrogen and oxygen atoms in total. The monoisotopic (exact) mass is 372 g/mol. The summed E-state index contributed by atoms with van der Waals surface area (Å²) >= 11 is 8.09. The molecule has 0 bridgehead atoms. The molecule has 1 saturated heterocycles. The van der Waals surface area contributed by atoms with Gasteiger partial charge in [-0.3, -0.25) is 4.98 Å². The number of benzene rings is 1. The summed E-state index contributed by atoms with van der Waals surface area (Å²) in [4.78, 5) is 6.79. The zero-order valence-corrected chi connectivity index (χ0v) is 16.0. The summed E-state index contributed by atoms with van der Waals surface area (Å²) in [7, 11) is 2.16. The minimum Gasteiger partial charge on any atom is -0.488 e. The van der Waals surface area contributed by atoms with Crippen molar-refractivity contribution in [3.05, 3.63) is 46.4 Å². The fraction of sp³-hybridized carbons (Fsp3) is 0.350. The number of hydrogen-bond acceptors (Lipinski definition) is 4. The molecule has 0 N–H and O–H groups in total.